The lowest BCUT2D eigenvalue weighted by molar-refractivity contribution is 0.103. The highest BCUT2D eigenvalue weighted by atomic mass is 32.2. The first-order valence-corrected chi connectivity index (χ1v) is 10.8. The van der Waals surface area contributed by atoms with E-state index in [4.69, 9.17) is 0 Å². The average molecular weight is 387 g/mol. The van der Waals surface area contributed by atoms with Crippen LogP contribution in [0.2, 0.25) is 0 Å². The van der Waals surface area contributed by atoms with Crippen LogP contribution in [0.3, 0.4) is 0 Å². The molecule has 0 aromatic heterocycles. The molecule has 1 heterocycles. The zero-order valence-corrected chi connectivity index (χ0v) is 16.4. The van der Waals surface area contributed by atoms with Crippen molar-refractivity contribution in [3.63, 3.8) is 0 Å². The van der Waals surface area contributed by atoms with Crippen molar-refractivity contribution in [3.05, 3.63) is 65.7 Å². The van der Waals surface area contributed by atoms with Gasteiger partial charge in [-0.25, -0.2) is 8.42 Å². The van der Waals surface area contributed by atoms with E-state index in [0.717, 1.165) is 25.8 Å². The van der Waals surface area contributed by atoms with Crippen molar-refractivity contribution in [2.45, 2.75) is 24.2 Å². The highest BCUT2D eigenvalue weighted by Crippen LogP contribution is 2.28. The van der Waals surface area contributed by atoms with Crippen LogP contribution in [0.4, 0.5) is 0 Å². The number of hydrogen-bond donors (Lipinski definition) is 1. The van der Waals surface area contributed by atoms with Gasteiger partial charge in [0.25, 0.3) is 0 Å². The number of rotatable bonds is 7. The summed E-state index contributed by atoms with van der Waals surface area (Å²) in [5.41, 5.74) is 0.729. The second-order valence-electron chi connectivity index (χ2n) is 6.93. The van der Waals surface area contributed by atoms with Gasteiger partial charge in [-0.2, -0.15) is 4.31 Å². The van der Waals surface area contributed by atoms with Gasteiger partial charge in [0, 0.05) is 24.2 Å². The Kier molecular flexibility index (Phi) is 6.42. The van der Waals surface area contributed by atoms with Crippen LogP contribution >= 0.6 is 0 Å². The van der Waals surface area contributed by atoms with E-state index in [-0.39, 0.29) is 16.2 Å². The Morgan fingerprint density at radius 1 is 1.04 bits per heavy atom. The molecule has 1 fully saturated rings. The largest absolute Gasteiger partial charge is 0.320 e. The molecule has 1 aliphatic heterocycles. The molecule has 2 aromatic carbocycles. The number of sulfonamides is 1. The van der Waals surface area contributed by atoms with Crippen molar-refractivity contribution in [3.8, 4) is 0 Å². The van der Waals surface area contributed by atoms with E-state index in [1.54, 1.807) is 48.5 Å². The molecule has 0 bridgehead atoms. The maximum Gasteiger partial charge on any atom is 0.243 e. The quantitative estimate of drug-likeness (QED) is 0.743. The maximum atomic E-state index is 13.2. The van der Waals surface area contributed by atoms with Gasteiger partial charge in [0.15, 0.2) is 5.78 Å². The lowest BCUT2D eigenvalue weighted by atomic mass is 9.95. The fraction of sp³-hybridized carbons (Fsp3) is 0.381. The average Bonchev–Trinajstić information content (AvgIpc) is 2.72. The van der Waals surface area contributed by atoms with Gasteiger partial charge in [-0.05, 0) is 50.9 Å². The van der Waals surface area contributed by atoms with Crippen LogP contribution < -0.4 is 5.32 Å². The predicted octanol–water partition coefficient (Wildman–Crippen LogP) is 2.93. The number of carbonyl (C=O) groups is 1. The minimum Gasteiger partial charge on any atom is -0.320 e. The lowest BCUT2D eigenvalue weighted by Crippen LogP contribution is -2.39. The van der Waals surface area contributed by atoms with E-state index in [1.807, 2.05) is 13.1 Å². The molecule has 0 atom stereocenters. The van der Waals surface area contributed by atoms with Gasteiger partial charge >= 0.3 is 0 Å². The molecular weight excluding hydrogens is 360 g/mol. The Morgan fingerprint density at radius 3 is 2.33 bits per heavy atom. The molecular formula is C21H26N2O3S. The molecule has 0 radical (unpaired) electrons. The first kappa shape index (κ1) is 19.7. The van der Waals surface area contributed by atoms with Gasteiger partial charge < -0.3 is 5.32 Å². The number of ketones is 1. The van der Waals surface area contributed by atoms with Crippen molar-refractivity contribution in [2.24, 2.45) is 5.92 Å². The van der Waals surface area contributed by atoms with Crippen LogP contribution in [0.1, 0.15) is 35.2 Å². The summed E-state index contributed by atoms with van der Waals surface area (Å²) in [6, 6.07) is 15.3. The first-order valence-electron chi connectivity index (χ1n) is 9.37. The van der Waals surface area contributed by atoms with E-state index >= 15 is 0 Å². The molecule has 0 amide bonds. The first-order chi connectivity index (χ1) is 13.0. The highest BCUT2D eigenvalue weighted by molar-refractivity contribution is 7.89. The van der Waals surface area contributed by atoms with Crippen LogP contribution in [0, 0.1) is 5.92 Å². The fourth-order valence-electron chi connectivity index (χ4n) is 3.55. The minimum absolute atomic E-state index is 0.104. The highest BCUT2D eigenvalue weighted by Gasteiger charge is 2.32. The Bertz CT molecular complexity index is 873. The van der Waals surface area contributed by atoms with Crippen molar-refractivity contribution in [1.29, 1.82) is 0 Å². The molecule has 6 heteroatoms. The standard InChI is InChI=1S/C21H26N2O3S/c1-22-14-11-17-12-15-23(16-13-17)27(25,26)20-10-6-5-9-19(20)21(24)18-7-3-2-4-8-18/h2-10,17,22H,11-16H2,1H3. The Morgan fingerprint density at radius 2 is 1.67 bits per heavy atom. The normalized spacial score (nSPS) is 16.3. The molecule has 0 spiro atoms. The third kappa shape index (κ3) is 4.46. The summed E-state index contributed by atoms with van der Waals surface area (Å²) in [5, 5.41) is 3.15. The van der Waals surface area contributed by atoms with E-state index in [2.05, 4.69) is 5.32 Å². The summed E-state index contributed by atoms with van der Waals surface area (Å²) in [4.78, 5) is 13.0. The topological polar surface area (TPSA) is 66.5 Å². The van der Waals surface area contributed by atoms with E-state index in [9.17, 15) is 13.2 Å². The summed E-state index contributed by atoms with van der Waals surface area (Å²) in [6.07, 6.45) is 2.78. The van der Waals surface area contributed by atoms with Crippen LogP contribution in [-0.4, -0.2) is 45.2 Å². The number of nitrogens with zero attached hydrogens (tertiary/aromatic N) is 1. The molecule has 2 aromatic rings. The van der Waals surface area contributed by atoms with Gasteiger partial charge in [-0.15, -0.1) is 0 Å². The molecule has 0 saturated carbocycles. The number of carbonyl (C=O) groups excluding carboxylic acids is 1. The SMILES string of the molecule is CNCCC1CCN(S(=O)(=O)c2ccccc2C(=O)c2ccccc2)CC1. The second-order valence-corrected chi connectivity index (χ2v) is 8.84. The van der Waals surface area contributed by atoms with Gasteiger partial charge in [-0.1, -0.05) is 42.5 Å². The molecule has 144 valence electrons. The minimum atomic E-state index is -3.69. The van der Waals surface area contributed by atoms with Crippen molar-refractivity contribution in [1.82, 2.24) is 9.62 Å². The summed E-state index contributed by atoms with van der Waals surface area (Å²) in [5.74, 6) is 0.281. The lowest BCUT2D eigenvalue weighted by Gasteiger charge is -2.31. The van der Waals surface area contributed by atoms with E-state index in [1.165, 1.54) is 4.31 Å². The number of hydrogen-bond acceptors (Lipinski definition) is 4. The third-order valence-electron chi connectivity index (χ3n) is 5.16. The molecule has 0 unspecified atom stereocenters. The second kappa shape index (κ2) is 8.78. The zero-order valence-electron chi connectivity index (χ0n) is 15.6. The van der Waals surface area contributed by atoms with Crippen LogP contribution in [0.25, 0.3) is 0 Å². The zero-order chi connectivity index (χ0) is 19.3. The molecule has 27 heavy (non-hydrogen) atoms. The number of benzene rings is 2. The molecule has 1 aliphatic rings. The van der Waals surface area contributed by atoms with Crippen molar-refractivity contribution >= 4 is 15.8 Å². The van der Waals surface area contributed by atoms with Crippen LogP contribution in [0.5, 0.6) is 0 Å². The Labute approximate surface area is 161 Å². The molecule has 0 aliphatic carbocycles. The van der Waals surface area contributed by atoms with E-state index < -0.39 is 10.0 Å². The van der Waals surface area contributed by atoms with Crippen LogP contribution in [0.15, 0.2) is 59.5 Å². The van der Waals surface area contributed by atoms with Crippen molar-refractivity contribution in [2.75, 3.05) is 26.7 Å². The number of nitrogens with one attached hydrogen (secondary N) is 1. The van der Waals surface area contributed by atoms with Gasteiger partial charge in [0.05, 0.1) is 4.90 Å². The summed E-state index contributed by atoms with van der Waals surface area (Å²) >= 11 is 0. The Balaban J connectivity index is 1.83. The van der Waals surface area contributed by atoms with Gasteiger partial charge in [0.1, 0.15) is 0 Å². The molecule has 1 N–H and O–H groups in total. The molecule has 3 rings (SSSR count). The third-order valence-corrected chi connectivity index (χ3v) is 7.12. The van der Waals surface area contributed by atoms with Gasteiger partial charge in [0.2, 0.25) is 10.0 Å². The molecule has 1 saturated heterocycles. The molecule has 5 nitrogen and oxygen atoms in total. The van der Waals surface area contributed by atoms with E-state index in [0.29, 0.717) is 24.6 Å². The summed E-state index contributed by atoms with van der Waals surface area (Å²) < 4.78 is 28.0. The monoisotopic (exact) mass is 386 g/mol. The smallest absolute Gasteiger partial charge is 0.243 e. The van der Waals surface area contributed by atoms with Gasteiger partial charge in [-0.3, -0.25) is 4.79 Å². The van der Waals surface area contributed by atoms with Crippen molar-refractivity contribution < 1.29 is 13.2 Å². The number of piperidine rings is 1. The van der Waals surface area contributed by atoms with Crippen LogP contribution in [-0.2, 0) is 10.0 Å². The summed E-state index contributed by atoms with van der Waals surface area (Å²) in [7, 11) is -1.76. The Hall–Kier alpha value is -2.02. The summed E-state index contributed by atoms with van der Waals surface area (Å²) in [6.45, 7) is 1.96. The maximum absolute atomic E-state index is 13.2. The predicted molar refractivity (Wildman–Crippen MR) is 106 cm³/mol. The fourth-order valence-corrected chi connectivity index (χ4v) is 5.21.